The van der Waals surface area contributed by atoms with Crippen molar-refractivity contribution in [3.63, 3.8) is 0 Å². The van der Waals surface area contributed by atoms with Crippen molar-refractivity contribution in [2.75, 3.05) is 40.4 Å². The largest absolute Gasteiger partial charge is 0.385 e. The number of ether oxygens (including phenoxy) is 1. The van der Waals surface area contributed by atoms with Gasteiger partial charge >= 0.3 is 0 Å². The SMILES string of the molecule is COCCCNCCN(C)Cc1csc(Br)c1. The Hall–Kier alpha value is 0.0600. The Morgan fingerprint density at radius 3 is 2.94 bits per heavy atom. The van der Waals surface area contributed by atoms with Gasteiger partial charge in [-0.05, 0) is 53.0 Å². The molecule has 0 saturated carbocycles. The van der Waals surface area contributed by atoms with Gasteiger partial charge in [-0.15, -0.1) is 11.3 Å². The summed E-state index contributed by atoms with van der Waals surface area (Å²) in [7, 11) is 3.90. The molecular weight excluding hydrogens is 300 g/mol. The zero-order valence-corrected chi connectivity index (χ0v) is 12.9. The van der Waals surface area contributed by atoms with Crippen molar-refractivity contribution in [3.05, 3.63) is 20.8 Å². The monoisotopic (exact) mass is 320 g/mol. The molecule has 0 spiro atoms. The summed E-state index contributed by atoms with van der Waals surface area (Å²) >= 11 is 5.23. The summed E-state index contributed by atoms with van der Waals surface area (Å²) in [6.45, 7) is 4.99. The number of methoxy groups -OCH3 is 1. The number of hydrogen-bond acceptors (Lipinski definition) is 4. The molecule has 0 amide bonds. The number of likely N-dealkylation sites (N-methyl/N-ethyl adjacent to an activating group) is 1. The minimum Gasteiger partial charge on any atom is -0.385 e. The predicted octanol–water partition coefficient (Wildman–Crippen LogP) is 2.57. The lowest BCUT2D eigenvalue weighted by atomic mass is 10.3. The molecule has 98 valence electrons. The number of thiophene rings is 1. The first-order valence-corrected chi connectivity index (χ1v) is 7.50. The highest BCUT2D eigenvalue weighted by atomic mass is 79.9. The topological polar surface area (TPSA) is 24.5 Å². The van der Waals surface area contributed by atoms with Gasteiger partial charge in [0, 0.05) is 33.4 Å². The van der Waals surface area contributed by atoms with Crippen LogP contribution in [0, 0.1) is 0 Å². The molecule has 0 aliphatic rings. The van der Waals surface area contributed by atoms with Crippen LogP contribution in [0.4, 0.5) is 0 Å². The van der Waals surface area contributed by atoms with Crippen LogP contribution in [0.25, 0.3) is 0 Å². The Balaban J connectivity index is 2.03. The molecule has 1 aromatic heterocycles. The normalized spacial score (nSPS) is 11.3. The molecular formula is C12H21BrN2OS. The number of nitrogens with zero attached hydrogens (tertiary/aromatic N) is 1. The fraction of sp³-hybridized carbons (Fsp3) is 0.667. The zero-order valence-electron chi connectivity index (χ0n) is 10.5. The summed E-state index contributed by atoms with van der Waals surface area (Å²) < 4.78 is 6.20. The average Bonchev–Trinajstić information content (AvgIpc) is 2.69. The molecule has 5 heteroatoms. The average molecular weight is 321 g/mol. The van der Waals surface area contributed by atoms with Gasteiger partial charge in [0.15, 0.2) is 0 Å². The summed E-state index contributed by atoms with van der Waals surface area (Å²) in [5.41, 5.74) is 1.38. The molecule has 0 bridgehead atoms. The molecule has 1 N–H and O–H groups in total. The summed E-state index contributed by atoms with van der Waals surface area (Å²) in [6.07, 6.45) is 1.08. The lowest BCUT2D eigenvalue weighted by Gasteiger charge is -2.16. The molecule has 0 aromatic carbocycles. The van der Waals surface area contributed by atoms with Crippen molar-refractivity contribution in [1.82, 2.24) is 10.2 Å². The van der Waals surface area contributed by atoms with Gasteiger partial charge in [0.25, 0.3) is 0 Å². The van der Waals surface area contributed by atoms with Gasteiger partial charge in [-0.2, -0.15) is 0 Å². The molecule has 1 heterocycles. The van der Waals surface area contributed by atoms with Crippen molar-refractivity contribution in [3.8, 4) is 0 Å². The van der Waals surface area contributed by atoms with E-state index in [2.05, 4.69) is 44.6 Å². The number of rotatable bonds is 9. The van der Waals surface area contributed by atoms with Crippen molar-refractivity contribution >= 4 is 27.3 Å². The van der Waals surface area contributed by atoms with Gasteiger partial charge in [0.05, 0.1) is 3.79 Å². The van der Waals surface area contributed by atoms with Crippen LogP contribution in [0.3, 0.4) is 0 Å². The van der Waals surface area contributed by atoms with E-state index in [0.29, 0.717) is 0 Å². The van der Waals surface area contributed by atoms with E-state index < -0.39 is 0 Å². The van der Waals surface area contributed by atoms with E-state index in [0.717, 1.165) is 39.2 Å². The first-order chi connectivity index (χ1) is 8.22. The number of hydrogen-bond donors (Lipinski definition) is 1. The van der Waals surface area contributed by atoms with E-state index in [1.54, 1.807) is 18.4 Å². The minimum atomic E-state index is 0.839. The summed E-state index contributed by atoms with van der Waals surface area (Å²) in [5, 5.41) is 5.61. The van der Waals surface area contributed by atoms with Gasteiger partial charge in [-0.25, -0.2) is 0 Å². The van der Waals surface area contributed by atoms with E-state index in [-0.39, 0.29) is 0 Å². The molecule has 0 saturated heterocycles. The third kappa shape index (κ3) is 7.16. The van der Waals surface area contributed by atoms with Crippen molar-refractivity contribution in [2.45, 2.75) is 13.0 Å². The first-order valence-electron chi connectivity index (χ1n) is 5.83. The smallest absolute Gasteiger partial charge is 0.0701 e. The standard InChI is InChI=1S/C12H21BrN2OS/c1-15(6-5-14-4-3-7-16-2)9-11-8-12(13)17-10-11/h8,10,14H,3-7,9H2,1-2H3. The fourth-order valence-electron chi connectivity index (χ4n) is 1.56. The van der Waals surface area contributed by atoms with Gasteiger partial charge < -0.3 is 15.0 Å². The fourth-order valence-corrected chi connectivity index (χ4v) is 2.76. The van der Waals surface area contributed by atoms with E-state index in [1.165, 1.54) is 9.35 Å². The molecule has 0 aliphatic heterocycles. The highest BCUT2D eigenvalue weighted by Gasteiger charge is 2.02. The molecule has 0 aliphatic carbocycles. The quantitative estimate of drug-likeness (QED) is 0.708. The molecule has 0 fully saturated rings. The van der Waals surface area contributed by atoms with Crippen LogP contribution >= 0.6 is 27.3 Å². The van der Waals surface area contributed by atoms with Crippen LogP contribution in [0.2, 0.25) is 0 Å². The van der Waals surface area contributed by atoms with E-state index in [9.17, 15) is 0 Å². The summed E-state index contributed by atoms with van der Waals surface area (Å²) in [4.78, 5) is 2.33. The van der Waals surface area contributed by atoms with Crippen LogP contribution in [-0.2, 0) is 11.3 Å². The number of halogens is 1. The van der Waals surface area contributed by atoms with Gasteiger partial charge in [0.1, 0.15) is 0 Å². The minimum absolute atomic E-state index is 0.839. The Morgan fingerprint density at radius 2 is 2.29 bits per heavy atom. The zero-order chi connectivity index (χ0) is 12.5. The maximum absolute atomic E-state index is 5.00. The molecule has 0 unspecified atom stereocenters. The highest BCUT2D eigenvalue weighted by molar-refractivity contribution is 9.11. The second-order valence-electron chi connectivity index (χ2n) is 4.09. The number of nitrogens with one attached hydrogen (secondary N) is 1. The van der Waals surface area contributed by atoms with E-state index in [4.69, 9.17) is 4.74 Å². The Bertz CT molecular complexity index is 306. The van der Waals surface area contributed by atoms with Crippen molar-refractivity contribution < 1.29 is 4.74 Å². The second kappa shape index (κ2) is 9.05. The molecule has 0 atom stereocenters. The van der Waals surface area contributed by atoms with E-state index >= 15 is 0 Å². The molecule has 1 rings (SSSR count). The van der Waals surface area contributed by atoms with E-state index in [1.807, 2.05) is 0 Å². The molecule has 3 nitrogen and oxygen atoms in total. The predicted molar refractivity (Wildman–Crippen MR) is 77.7 cm³/mol. The second-order valence-corrected chi connectivity index (χ2v) is 6.38. The molecule has 0 radical (unpaired) electrons. The van der Waals surface area contributed by atoms with Crippen LogP contribution in [-0.4, -0.2) is 45.3 Å². The first kappa shape index (κ1) is 15.1. The van der Waals surface area contributed by atoms with Crippen molar-refractivity contribution in [2.24, 2.45) is 0 Å². The highest BCUT2D eigenvalue weighted by Crippen LogP contribution is 2.21. The Morgan fingerprint density at radius 1 is 1.47 bits per heavy atom. The maximum Gasteiger partial charge on any atom is 0.0701 e. The maximum atomic E-state index is 5.00. The Kier molecular flexibility index (Phi) is 8.05. The van der Waals surface area contributed by atoms with Crippen LogP contribution < -0.4 is 5.32 Å². The molecule has 1 aromatic rings. The van der Waals surface area contributed by atoms with Gasteiger partial charge in [-0.3, -0.25) is 0 Å². The lowest BCUT2D eigenvalue weighted by molar-refractivity contribution is 0.194. The third-order valence-electron chi connectivity index (χ3n) is 2.45. The third-order valence-corrected chi connectivity index (χ3v) is 4.00. The summed E-state index contributed by atoms with van der Waals surface area (Å²) in [6, 6.07) is 2.19. The summed E-state index contributed by atoms with van der Waals surface area (Å²) in [5.74, 6) is 0. The lowest BCUT2D eigenvalue weighted by Crippen LogP contribution is -2.29. The van der Waals surface area contributed by atoms with Gasteiger partial charge in [-0.1, -0.05) is 0 Å². The van der Waals surface area contributed by atoms with Crippen LogP contribution in [0.1, 0.15) is 12.0 Å². The van der Waals surface area contributed by atoms with Crippen LogP contribution in [0.15, 0.2) is 15.2 Å². The van der Waals surface area contributed by atoms with Gasteiger partial charge in [0.2, 0.25) is 0 Å². The van der Waals surface area contributed by atoms with Crippen LogP contribution in [0.5, 0.6) is 0 Å². The molecule has 17 heavy (non-hydrogen) atoms. The Labute approximate surface area is 116 Å². The van der Waals surface area contributed by atoms with Crippen molar-refractivity contribution in [1.29, 1.82) is 0 Å².